The zero-order valence-corrected chi connectivity index (χ0v) is 22.0. The summed E-state index contributed by atoms with van der Waals surface area (Å²) in [6, 6.07) is 45.1. The molecular weight excluding hydrogens is 502 g/mol. The summed E-state index contributed by atoms with van der Waals surface area (Å²) in [6.07, 6.45) is 1.71. The van der Waals surface area contributed by atoms with Gasteiger partial charge in [-0.15, -0.1) is 0 Å². The molecule has 0 bridgehead atoms. The van der Waals surface area contributed by atoms with Gasteiger partial charge in [0.1, 0.15) is 0 Å². The second-order valence-electron chi connectivity index (χ2n) is 10.5. The zero-order valence-electron chi connectivity index (χ0n) is 22.0. The van der Waals surface area contributed by atoms with Crippen LogP contribution in [0.2, 0.25) is 0 Å². The third kappa shape index (κ3) is 3.60. The van der Waals surface area contributed by atoms with Crippen LogP contribution >= 0.6 is 0 Å². The molecular formula is C38H23NO2. The van der Waals surface area contributed by atoms with E-state index in [1.165, 1.54) is 32.3 Å². The van der Waals surface area contributed by atoms with Crippen molar-refractivity contribution in [3.63, 3.8) is 0 Å². The van der Waals surface area contributed by atoms with Gasteiger partial charge in [-0.05, 0) is 68.9 Å². The summed E-state index contributed by atoms with van der Waals surface area (Å²) in [5.41, 5.74) is 5.09. The van der Waals surface area contributed by atoms with Crippen molar-refractivity contribution in [3.05, 3.63) is 156 Å². The molecule has 1 aliphatic rings. The van der Waals surface area contributed by atoms with E-state index < -0.39 is 0 Å². The van der Waals surface area contributed by atoms with Crippen LogP contribution in [0.25, 0.3) is 38.4 Å². The fourth-order valence-electron chi connectivity index (χ4n) is 6.21. The van der Waals surface area contributed by atoms with E-state index in [0.29, 0.717) is 11.1 Å². The smallest absolute Gasteiger partial charge is 0.197 e. The number of Topliss-reactive ketones (excluding diaryl/α,β-unsaturated/α-hetero) is 2. The molecule has 8 rings (SSSR count). The van der Waals surface area contributed by atoms with E-state index in [1.54, 1.807) is 30.3 Å². The molecule has 0 spiro atoms. The van der Waals surface area contributed by atoms with Crippen LogP contribution in [-0.4, -0.2) is 11.6 Å². The molecule has 7 aromatic rings. The molecule has 7 aromatic carbocycles. The first-order valence-electron chi connectivity index (χ1n) is 13.7. The third-order valence-electron chi connectivity index (χ3n) is 8.13. The quantitative estimate of drug-likeness (QED) is 0.130. The van der Waals surface area contributed by atoms with Gasteiger partial charge in [-0.3, -0.25) is 9.59 Å². The molecule has 41 heavy (non-hydrogen) atoms. The first-order chi connectivity index (χ1) is 20.2. The summed E-state index contributed by atoms with van der Waals surface area (Å²) >= 11 is 0. The molecule has 1 aliphatic carbocycles. The molecule has 0 aromatic heterocycles. The van der Waals surface area contributed by atoms with Crippen LogP contribution in [0.5, 0.6) is 0 Å². The minimum absolute atomic E-state index is 0.214. The number of para-hydroxylation sites is 1. The maximum Gasteiger partial charge on any atom is 0.197 e. The summed E-state index contributed by atoms with van der Waals surface area (Å²) < 4.78 is 0. The summed E-state index contributed by atoms with van der Waals surface area (Å²) in [4.78, 5) is 28.1. The number of hydrogen-bond acceptors (Lipinski definition) is 3. The number of fused-ring (bicyclic) bond motifs is 1. The molecule has 0 atom stereocenters. The van der Waals surface area contributed by atoms with Crippen molar-refractivity contribution in [3.8, 4) is 0 Å². The average molecular weight is 526 g/mol. The molecule has 0 unspecified atom stereocenters. The lowest BCUT2D eigenvalue weighted by Gasteiger charge is -2.27. The fraction of sp³-hybridized carbons (Fsp3) is 0. The Morgan fingerprint density at radius 1 is 0.463 bits per heavy atom. The Kier molecular flexibility index (Phi) is 5.13. The number of anilines is 3. The Labute approximate surface area is 236 Å². The van der Waals surface area contributed by atoms with Crippen LogP contribution < -0.4 is 4.90 Å². The van der Waals surface area contributed by atoms with Crippen LogP contribution in [-0.2, 0) is 0 Å². The molecule has 0 saturated heterocycles. The highest BCUT2D eigenvalue weighted by Crippen LogP contribution is 2.43. The highest BCUT2D eigenvalue weighted by Gasteiger charge is 2.32. The first kappa shape index (κ1) is 23.4. The molecule has 3 nitrogen and oxygen atoms in total. The number of ketones is 2. The molecule has 3 heteroatoms. The maximum atomic E-state index is 12.9. The number of benzene rings is 7. The SMILES string of the molecule is O=C1C(=Cc2ccc(N(c3ccccc3)c3ccc4ccc5cccc6ccc3c4c56)cc2)C(=O)c2ccccc21. The molecule has 0 aliphatic heterocycles. The Hall–Kier alpha value is -5.54. The van der Waals surface area contributed by atoms with Gasteiger partial charge in [0.25, 0.3) is 0 Å². The number of carbonyl (C=O) groups is 2. The highest BCUT2D eigenvalue weighted by molar-refractivity contribution is 6.41. The van der Waals surface area contributed by atoms with Gasteiger partial charge < -0.3 is 4.90 Å². The van der Waals surface area contributed by atoms with Crippen molar-refractivity contribution in [1.82, 2.24) is 0 Å². The monoisotopic (exact) mass is 525 g/mol. The Morgan fingerprint density at radius 2 is 1.02 bits per heavy atom. The molecule has 0 saturated carbocycles. The topological polar surface area (TPSA) is 37.4 Å². The summed E-state index contributed by atoms with van der Waals surface area (Å²) in [5.74, 6) is -0.427. The van der Waals surface area contributed by atoms with Crippen LogP contribution in [0.4, 0.5) is 17.1 Å². The lowest BCUT2D eigenvalue weighted by molar-refractivity contribution is 0.0990. The molecule has 0 N–H and O–H groups in total. The van der Waals surface area contributed by atoms with Gasteiger partial charge >= 0.3 is 0 Å². The molecule has 0 heterocycles. The van der Waals surface area contributed by atoms with Gasteiger partial charge in [0.05, 0.1) is 11.3 Å². The molecule has 0 amide bonds. The number of hydrogen-bond donors (Lipinski definition) is 0. The van der Waals surface area contributed by atoms with Gasteiger partial charge in [0.15, 0.2) is 11.6 Å². The highest BCUT2D eigenvalue weighted by atomic mass is 16.2. The Morgan fingerprint density at radius 3 is 1.71 bits per heavy atom. The predicted molar refractivity (Wildman–Crippen MR) is 168 cm³/mol. The lowest BCUT2D eigenvalue weighted by Crippen LogP contribution is -2.10. The van der Waals surface area contributed by atoms with E-state index in [0.717, 1.165) is 22.6 Å². The third-order valence-corrected chi connectivity index (χ3v) is 8.13. The largest absolute Gasteiger partial charge is 0.310 e. The predicted octanol–water partition coefficient (Wildman–Crippen LogP) is 9.52. The second-order valence-corrected chi connectivity index (χ2v) is 10.5. The van der Waals surface area contributed by atoms with Gasteiger partial charge in [-0.25, -0.2) is 0 Å². The van der Waals surface area contributed by atoms with E-state index >= 15 is 0 Å². The van der Waals surface area contributed by atoms with E-state index in [2.05, 4.69) is 83.8 Å². The Balaban J connectivity index is 1.27. The normalized spacial score (nSPS) is 12.9. The van der Waals surface area contributed by atoms with E-state index in [1.807, 2.05) is 30.3 Å². The van der Waals surface area contributed by atoms with Crippen molar-refractivity contribution >= 4 is 67.0 Å². The number of carbonyl (C=O) groups excluding carboxylic acids is 2. The van der Waals surface area contributed by atoms with Crippen molar-refractivity contribution < 1.29 is 9.59 Å². The summed E-state index contributed by atoms with van der Waals surface area (Å²) in [7, 11) is 0. The number of rotatable bonds is 4. The van der Waals surface area contributed by atoms with Crippen LogP contribution in [0.1, 0.15) is 26.3 Å². The van der Waals surface area contributed by atoms with Crippen LogP contribution in [0.15, 0.2) is 139 Å². The minimum Gasteiger partial charge on any atom is -0.310 e. The van der Waals surface area contributed by atoms with Crippen molar-refractivity contribution in [2.24, 2.45) is 0 Å². The maximum absolute atomic E-state index is 12.9. The van der Waals surface area contributed by atoms with Crippen LogP contribution in [0.3, 0.4) is 0 Å². The van der Waals surface area contributed by atoms with E-state index in [-0.39, 0.29) is 17.1 Å². The summed E-state index contributed by atoms with van der Waals surface area (Å²) in [5, 5.41) is 7.42. The fourth-order valence-corrected chi connectivity index (χ4v) is 6.21. The average Bonchev–Trinajstić information content (AvgIpc) is 3.26. The van der Waals surface area contributed by atoms with E-state index in [4.69, 9.17) is 0 Å². The molecule has 192 valence electrons. The van der Waals surface area contributed by atoms with Crippen molar-refractivity contribution in [2.75, 3.05) is 4.90 Å². The van der Waals surface area contributed by atoms with Crippen molar-refractivity contribution in [2.45, 2.75) is 0 Å². The van der Waals surface area contributed by atoms with Crippen LogP contribution in [0, 0.1) is 0 Å². The van der Waals surface area contributed by atoms with Crippen molar-refractivity contribution in [1.29, 1.82) is 0 Å². The summed E-state index contributed by atoms with van der Waals surface area (Å²) in [6.45, 7) is 0. The van der Waals surface area contributed by atoms with Gasteiger partial charge in [-0.2, -0.15) is 0 Å². The lowest BCUT2D eigenvalue weighted by atomic mass is 9.93. The number of nitrogens with zero attached hydrogens (tertiary/aromatic N) is 1. The first-order valence-corrected chi connectivity index (χ1v) is 13.7. The van der Waals surface area contributed by atoms with E-state index in [9.17, 15) is 9.59 Å². The minimum atomic E-state index is -0.214. The standard InChI is InChI=1S/C38H23NO2/c40-37-30-11-4-5-12-31(30)38(41)33(37)23-24-13-19-29(20-14-24)39(28-9-2-1-3-10-28)34-22-18-27-16-15-25-7-6-8-26-17-21-32(34)36(27)35(25)26/h1-23H. The Bertz CT molecular complexity index is 2120. The number of allylic oxidation sites excluding steroid dienone is 1. The zero-order chi connectivity index (χ0) is 27.5. The van der Waals surface area contributed by atoms with Gasteiger partial charge in [-0.1, -0.05) is 103 Å². The molecule has 0 radical (unpaired) electrons. The van der Waals surface area contributed by atoms with Gasteiger partial charge in [0.2, 0.25) is 0 Å². The molecule has 0 fully saturated rings. The van der Waals surface area contributed by atoms with Gasteiger partial charge in [0, 0.05) is 27.9 Å². The second kappa shape index (κ2) is 9.00.